The van der Waals surface area contributed by atoms with Crippen molar-refractivity contribution in [3.63, 3.8) is 0 Å². The number of carbonyl (C=O) groups is 1. The van der Waals surface area contributed by atoms with E-state index in [0.29, 0.717) is 16.6 Å². The summed E-state index contributed by atoms with van der Waals surface area (Å²) in [5.41, 5.74) is 0.683. The molecule has 1 aliphatic heterocycles. The van der Waals surface area contributed by atoms with Gasteiger partial charge in [-0.3, -0.25) is 4.79 Å². The minimum atomic E-state index is -0.301. The van der Waals surface area contributed by atoms with Gasteiger partial charge in [0.05, 0.1) is 10.2 Å². The highest BCUT2D eigenvalue weighted by Crippen LogP contribution is 2.37. The molecule has 5 heteroatoms. The number of thioether (sulfide) groups is 1. The van der Waals surface area contributed by atoms with Crippen LogP contribution in [0.1, 0.15) is 13.3 Å². The minimum absolute atomic E-state index is 0.0211. The average molecular weight is 290 g/mol. The van der Waals surface area contributed by atoms with Gasteiger partial charge in [0.2, 0.25) is 5.91 Å². The van der Waals surface area contributed by atoms with Crippen LogP contribution >= 0.6 is 27.7 Å². The fourth-order valence-corrected chi connectivity index (χ4v) is 2.86. The number of benzene rings is 1. The Bertz CT molecular complexity index is 424. The summed E-state index contributed by atoms with van der Waals surface area (Å²) < 4.78 is 13.7. The molecule has 0 saturated carbocycles. The quantitative estimate of drug-likeness (QED) is 0.793. The summed E-state index contributed by atoms with van der Waals surface area (Å²) in [4.78, 5) is 12.2. The predicted molar refractivity (Wildman–Crippen MR) is 62.7 cm³/mol. The number of carbonyl (C=O) groups excluding carboxylic acids is 1. The van der Waals surface area contributed by atoms with Gasteiger partial charge >= 0.3 is 0 Å². The molecule has 1 aromatic carbocycles. The number of hydrogen-bond donors (Lipinski definition) is 1. The van der Waals surface area contributed by atoms with E-state index in [1.165, 1.54) is 17.8 Å². The molecule has 0 radical (unpaired) electrons. The van der Waals surface area contributed by atoms with Gasteiger partial charge in [-0.05, 0) is 28.1 Å². The van der Waals surface area contributed by atoms with Crippen molar-refractivity contribution in [2.75, 3.05) is 5.32 Å². The molecule has 0 bridgehead atoms. The standard InChI is InChI=1S/C10H9BrFNOS/c1-5-2-10(14)13-8-3-6(11)7(12)4-9(8)15-5/h3-5H,2H2,1H3,(H,13,14). The van der Waals surface area contributed by atoms with Gasteiger partial charge in [-0.2, -0.15) is 0 Å². The van der Waals surface area contributed by atoms with Gasteiger partial charge in [0.15, 0.2) is 0 Å². The van der Waals surface area contributed by atoms with E-state index in [2.05, 4.69) is 21.2 Å². The van der Waals surface area contributed by atoms with Gasteiger partial charge in [-0.15, -0.1) is 11.8 Å². The Morgan fingerprint density at radius 2 is 2.33 bits per heavy atom. The number of rotatable bonds is 0. The van der Waals surface area contributed by atoms with Crippen LogP contribution in [-0.4, -0.2) is 11.2 Å². The first-order valence-electron chi connectivity index (χ1n) is 4.52. The largest absolute Gasteiger partial charge is 0.325 e. The van der Waals surface area contributed by atoms with Crippen molar-refractivity contribution in [2.24, 2.45) is 0 Å². The maximum atomic E-state index is 13.3. The smallest absolute Gasteiger partial charge is 0.225 e. The summed E-state index contributed by atoms with van der Waals surface area (Å²) >= 11 is 4.61. The third-order valence-corrected chi connectivity index (χ3v) is 3.87. The van der Waals surface area contributed by atoms with Crippen LogP contribution in [0.4, 0.5) is 10.1 Å². The van der Waals surface area contributed by atoms with Crippen molar-refractivity contribution in [3.05, 3.63) is 22.4 Å². The second-order valence-electron chi connectivity index (χ2n) is 3.44. The van der Waals surface area contributed by atoms with E-state index in [1.54, 1.807) is 6.07 Å². The van der Waals surface area contributed by atoms with Crippen LogP contribution in [0.5, 0.6) is 0 Å². The topological polar surface area (TPSA) is 29.1 Å². The summed E-state index contributed by atoms with van der Waals surface area (Å²) in [6, 6.07) is 3.06. The molecule has 1 amide bonds. The van der Waals surface area contributed by atoms with Gasteiger partial charge < -0.3 is 5.32 Å². The minimum Gasteiger partial charge on any atom is -0.325 e. The lowest BCUT2D eigenvalue weighted by atomic mass is 10.3. The highest BCUT2D eigenvalue weighted by Gasteiger charge is 2.20. The molecule has 1 atom stereocenters. The predicted octanol–water partition coefficient (Wildman–Crippen LogP) is 3.41. The summed E-state index contributed by atoms with van der Waals surface area (Å²) in [6.07, 6.45) is 0.457. The van der Waals surface area contributed by atoms with E-state index >= 15 is 0 Å². The van der Waals surface area contributed by atoms with Crippen LogP contribution in [0, 0.1) is 5.82 Å². The first-order valence-corrected chi connectivity index (χ1v) is 6.19. The normalized spacial score (nSPS) is 20.5. The van der Waals surface area contributed by atoms with Gasteiger partial charge in [0, 0.05) is 16.6 Å². The Balaban J connectivity index is 2.46. The maximum absolute atomic E-state index is 13.3. The van der Waals surface area contributed by atoms with Gasteiger partial charge in [0.1, 0.15) is 5.82 Å². The van der Waals surface area contributed by atoms with E-state index in [1.807, 2.05) is 6.92 Å². The van der Waals surface area contributed by atoms with Crippen molar-refractivity contribution in [1.29, 1.82) is 0 Å². The molecule has 0 fully saturated rings. The average Bonchev–Trinajstić information content (AvgIpc) is 2.24. The highest BCUT2D eigenvalue weighted by atomic mass is 79.9. The number of anilines is 1. The van der Waals surface area contributed by atoms with E-state index < -0.39 is 0 Å². The number of amides is 1. The molecular weight excluding hydrogens is 281 g/mol. The Morgan fingerprint density at radius 3 is 3.07 bits per heavy atom. The number of fused-ring (bicyclic) bond motifs is 1. The zero-order valence-electron chi connectivity index (χ0n) is 8.01. The fourth-order valence-electron chi connectivity index (χ4n) is 1.44. The van der Waals surface area contributed by atoms with Crippen LogP contribution in [-0.2, 0) is 4.79 Å². The van der Waals surface area contributed by atoms with Crippen molar-refractivity contribution in [2.45, 2.75) is 23.5 Å². The SMILES string of the molecule is CC1CC(=O)Nc2cc(Br)c(F)cc2S1. The van der Waals surface area contributed by atoms with Crippen LogP contribution in [0.2, 0.25) is 0 Å². The molecule has 1 N–H and O–H groups in total. The monoisotopic (exact) mass is 289 g/mol. The molecule has 15 heavy (non-hydrogen) atoms. The van der Waals surface area contributed by atoms with Crippen molar-refractivity contribution < 1.29 is 9.18 Å². The molecular formula is C10H9BrFNOS. The lowest BCUT2D eigenvalue weighted by Crippen LogP contribution is -2.13. The van der Waals surface area contributed by atoms with Gasteiger partial charge in [-0.1, -0.05) is 6.92 Å². The number of nitrogens with one attached hydrogen (secondary N) is 1. The summed E-state index contributed by atoms with van der Waals surface area (Å²) in [7, 11) is 0. The second kappa shape index (κ2) is 4.14. The van der Waals surface area contributed by atoms with Crippen LogP contribution in [0.3, 0.4) is 0 Å². The van der Waals surface area contributed by atoms with E-state index in [0.717, 1.165) is 4.90 Å². The van der Waals surface area contributed by atoms with E-state index in [-0.39, 0.29) is 17.0 Å². The molecule has 0 aromatic heterocycles. The zero-order chi connectivity index (χ0) is 11.0. The van der Waals surface area contributed by atoms with Gasteiger partial charge in [-0.25, -0.2) is 4.39 Å². The van der Waals surface area contributed by atoms with E-state index in [9.17, 15) is 9.18 Å². The van der Waals surface area contributed by atoms with Crippen LogP contribution in [0.15, 0.2) is 21.5 Å². The number of halogens is 2. The third-order valence-electron chi connectivity index (χ3n) is 2.10. The molecule has 2 nitrogen and oxygen atoms in total. The Morgan fingerprint density at radius 1 is 1.60 bits per heavy atom. The fraction of sp³-hybridized carbons (Fsp3) is 0.300. The second-order valence-corrected chi connectivity index (χ2v) is 5.78. The Hall–Kier alpha value is -0.550. The number of hydrogen-bond acceptors (Lipinski definition) is 2. The molecule has 1 unspecified atom stereocenters. The molecule has 1 aromatic rings. The van der Waals surface area contributed by atoms with E-state index in [4.69, 9.17) is 0 Å². The molecule has 0 spiro atoms. The zero-order valence-corrected chi connectivity index (χ0v) is 10.4. The van der Waals surface area contributed by atoms with Crippen molar-refractivity contribution in [1.82, 2.24) is 0 Å². The third kappa shape index (κ3) is 2.34. The molecule has 1 heterocycles. The lowest BCUT2D eigenvalue weighted by Gasteiger charge is -2.08. The summed E-state index contributed by atoms with van der Waals surface area (Å²) in [5, 5.41) is 2.94. The molecule has 2 rings (SSSR count). The highest BCUT2D eigenvalue weighted by molar-refractivity contribution is 9.10. The van der Waals surface area contributed by atoms with Crippen molar-refractivity contribution >= 4 is 39.3 Å². The Labute approximate surface area is 99.8 Å². The summed E-state index contributed by atoms with van der Waals surface area (Å²) in [6.45, 7) is 1.96. The first-order chi connectivity index (χ1) is 7.06. The molecule has 0 saturated heterocycles. The van der Waals surface area contributed by atoms with Crippen LogP contribution in [0.25, 0.3) is 0 Å². The lowest BCUT2D eigenvalue weighted by molar-refractivity contribution is -0.116. The van der Waals surface area contributed by atoms with Gasteiger partial charge in [0.25, 0.3) is 0 Å². The molecule has 1 aliphatic rings. The maximum Gasteiger partial charge on any atom is 0.225 e. The molecule has 80 valence electrons. The van der Waals surface area contributed by atoms with Crippen molar-refractivity contribution in [3.8, 4) is 0 Å². The first kappa shape index (κ1) is 11.0. The summed E-state index contributed by atoms with van der Waals surface area (Å²) in [5.74, 6) is -0.322. The van der Waals surface area contributed by atoms with Crippen LogP contribution < -0.4 is 5.32 Å². The Kier molecular flexibility index (Phi) is 3.02. The molecule has 0 aliphatic carbocycles.